The Bertz CT molecular complexity index is 3840. The van der Waals surface area contributed by atoms with Gasteiger partial charge in [-0.05, 0) is 95.6 Å². The van der Waals surface area contributed by atoms with Crippen molar-refractivity contribution < 1.29 is 0 Å². The normalized spacial score (nSPS) is 14.0. The molecule has 0 spiro atoms. The predicted molar refractivity (Wildman–Crippen MR) is 267 cm³/mol. The van der Waals surface area contributed by atoms with Crippen molar-refractivity contribution in [3.8, 4) is 28.2 Å². The molecule has 1 unspecified atom stereocenters. The van der Waals surface area contributed by atoms with E-state index in [-0.39, 0.29) is 6.17 Å². The third-order valence-electron chi connectivity index (χ3n) is 12.8. The lowest BCUT2D eigenvalue weighted by atomic mass is 10.0. The number of hydrogen-bond acceptors (Lipinski definition) is 4. The Labute approximate surface area is 374 Å². The SMILES string of the molecule is c1ccc(C2=NC(c3cccc(-n4c5ccc(-c6ccc7c(c6)c6ccccc6n7-c6ccccc6)cc5c5ccc6c(cnn6-c6ccccc6)c54)c3)=NC(c3ccccc3)N2)cc1. The number of nitrogens with zero attached hydrogens (tertiary/aromatic N) is 6. The van der Waals surface area contributed by atoms with Crippen molar-refractivity contribution in [3.63, 3.8) is 0 Å². The summed E-state index contributed by atoms with van der Waals surface area (Å²) < 4.78 is 6.80. The summed E-state index contributed by atoms with van der Waals surface area (Å²) in [6, 6.07) is 77.2. The molecule has 13 rings (SSSR count). The molecule has 7 heteroatoms. The smallest absolute Gasteiger partial charge is 0.159 e. The summed E-state index contributed by atoms with van der Waals surface area (Å²) in [4.78, 5) is 10.4. The minimum absolute atomic E-state index is 0.299. The van der Waals surface area contributed by atoms with Gasteiger partial charge in [-0.3, -0.25) is 0 Å². The Balaban J connectivity index is 1.01. The van der Waals surface area contributed by atoms with Crippen LogP contribution in [-0.2, 0) is 0 Å². The van der Waals surface area contributed by atoms with Crippen molar-refractivity contribution in [2.75, 3.05) is 0 Å². The zero-order chi connectivity index (χ0) is 42.8. The van der Waals surface area contributed by atoms with Gasteiger partial charge >= 0.3 is 0 Å². The molecule has 0 saturated heterocycles. The van der Waals surface area contributed by atoms with Crippen LogP contribution in [0.15, 0.2) is 235 Å². The molecule has 1 N–H and O–H groups in total. The van der Waals surface area contributed by atoms with Gasteiger partial charge in [-0.25, -0.2) is 14.7 Å². The molecule has 306 valence electrons. The Morgan fingerprint density at radius 2 is 0.969 bits per heavy atom. The molecule has 65 heavy (non-hydrogen) atoms. The molecule has 0 saturated carbocycles. The van der Waals surface area contributed by atoms with Crippen LogP contribution in [0.2, 0.25) is 0 Å². The summed E-state index contributed by atoms with van der Waals surface area (Å²) in [5.41, 5.74) is 14.1. The lowest BCUT2D eigenvalue weighted by molar-refractivity contribution is 0.674. The van der Waals surface area contributed by atoms with Gasteiger partial charge < -0.3 is 14.5 Å². The lowest BCUT2D eigenvalue weighted by Gasteiger charge is -2.23. The Hall–Kier alpha value is -8.81. The highest BCUT2D eigenvalue weighted by atomic mass is 15.3. The highest BCUT2D eigenvalue weighted by Gasteiger charge is 2.23. The van der Waals surface area contributed by atoms with Gasteiger partial charge in [0.05, 0.1) is 39.5 Å². The van der Waals surface area contributed by atoms with Crippen LogP contribution in [0, 0.1) is 0 Å². The third kappa shape index (κ3) is 6.08. The molecule has 0 radical (unpaired) electrons. The second-order valence-corrected chi connectivity index (χ2v) is 16.6. The summed E-state index contributed by atoms with van der Waals surface area (Å²) in [5.74, 6) is 1.46. The van der Waals surface area contributed by atoms with Crippen LogP contribution in [0.4, 0.5) is 0 Å². The molecule has 0 aliphatic carbocycles. The number of amidine groups is 2. The fourth-order valence-corrected chi connectivity index (χ4v) is 9.75. The summed E-state index contributed by atoms with van der Waals surface area (Å²) in [6.07, 6.45) is 1.71. The minimum atomic E-state index is -0.299. The van der Waals surface area contributed by atoms with E-state index in [0.29, 0.717) is 5.84 Å². The molecule has 7 nitrogen and oxygen atoms in total. The Morgan fingerprint density at radius 3 is 1.72 bits per heavy atom. The topological polar surface area (TPSA) is 64.4 Å². The first-order valence-corrected chi connectivity index (χ1v) is 22.0. The van der Waals surface area contributed by atoms with Crippen molar-refractivity contribution in [1.29, 1.82) is 0 Å². The van der Waals surface area contributed by atoms with E-state index in [1.807, 2.05) is 41.2 Å². The standard InChI is InChI=1S/C58H39N7/c1-5-16-38(17-6-1)56-60-57(39-18-7-2-8-19-39)62-58(61-56)42-20-15-25-45(34-42)64-53-32-29-41(36-49(53)47-30-33-54-50(55(47)64)37-59-65(54)44-23-11-4-12-24-44)40-28-31-52-48(35-40)46-26-13-14-27-51(46)63(52)43-21-9-3-10-22-43/h1-37,56H,(H,60,61,62). The first-order chi connectivity index (χ1) is 32.2. The van der Waals surface area contributed by atoms with Crippen molar-refractivity contribution in [2.45, 2.75) is 6.17 Å². The van der Waals surface area contributed by atoms with E-state index in [9.17, 15) is 0 Å². The number of aliphatic imine (C=N–C) groups is 2. The molecule has 0 amide bonds. The number of fused-ring (bicyclic) bond motifs is 8. The maximum Gasteiger partial charge on any atom is 0.159 e. The average Bonchev–Trinajstić information content (AvgIpc) is 4.07. The summed E-state index contributed by atoms with van der Waals surface area (Å²) in [6.45, 7) is 0. The molecule has 1 aliphatic rings. The first-order valence-electron chi connectivity index (χ1n) is 22.0. The molecule has 12 aromatic rings. The second kappa shape index (κ2) is 14.9. The molecular weight excluding hydrogens is 795 g/mol. The van der Waals surface area contributed by atoms with E-state index in [1.165, 1.54) is 27.4 Å². The van der Waals surface area contributed by atoms with Crippen LogP contribution in [0.1, 0.15) is 22.9 Å². The quantitative estimate of drug-likeness (QED) is 0.174. The van der Waals surface area contributed by atoms with Crippen molar-refractivity contribution in [2.24, 2.45) is 9.98 Å². The number of nitrogens with one attached hydrogen (secondary N) is 1. The van der Waals surface area contributed by atoms with E-state index < -0.39 is 0 Å². The molecule has 1 aliphatic heterocycles. The maximum absolute atomic E-state index is 5.23. The molecule has 0 bridgehead atoms. The summed E-state index contributed by atoms with van der Waals surface area (Å²) in [7, 11) is 0. The monoisotopic (exact) mass is 833 g/mol. The van der Waals surface area contributed by atoms with Gasteiger partial charge in [-0.1, -0.05) is 140 Å². The number of aromatic nitrogens is 4. The Kier molecular flexibility index (Phi) is 8.45. The van der Waals surface area contributed by atoms with Crippen LogP contribution in [0.3, 0.4) is 0 Å². The number of rotatable bonds is 7. The van der Waals surface area contributed by atoms with Gasteiger partial charge in [-0.2, -0.15) is 5.10 Å². The highest BCUT2D eigenvalue weighted by molar-refractivity contribution is 6.19. The van der Waals surface area contributed by atoms with Crippen LogP contribution in [-0.4, -0.2) is 30.6 Å². The van der Waals surface area contributed by atoms with E-state index in [4.69, 9.17) is 15.1 Å². The van der Waals surface area contributed by atoms with Gasteiger partial charge in [0.25, 0.3) is 0 Å². The zero-order valence-electron chi connectivity index (χ0n) is 35.1. The van der Waals surface area contributed by atoms with Crippen LogP contribution in [0.5, 0.6) is 0 Å². The molecule has 4 heterocycles. The maximum atomic E-state index is 5.23. The molecular formula is C58H39N7. The van der Waals surface area contributed by atoms with Crippen LogP contribution < -0.4 is 5.32 Å². The van der Waals surface area contributed by atoms with Gasteiger partial charge in [0.2, 0.25) is 0 Å². The molecule has 3 aromatic heterocycles. The fourth-order valence-electron chi connectivity index (χ4n) is 9.75. The summed E-state index contributed by atoms with van der Waals surface area (Å²) in [5, 5.41) is 14.4. The van der Waals surface area contributed by atoms with Gasteiger partial charge in [0, 0.05) is 49.4 Å². The van der Waals surface area contributed by atoms with Crippen molar-refractivity contribution >= 4 is 66.2 Å². The fraction of sp³-hybridized carbons (Fsp3) is 0.0172. The zero-order valence-corrected chi connectivity index (χ0v) is 35.1. The van der Waals surface area contributed by atoms with Crippen LogP contribution >= 0.6 is 0 Å². The second-order valence-electron chi connectivity index (χ2n) is 16.6. The number of hydrogen-bond donors (Lipinski definition) is 1. The lowest BCUT2D eigenvalue weighted by Crippen LogP contribution is -2.33. The summed E-state index contributed by atoms with van der Waals surface area (Å²) >= 11 is 0. The predicted octanol–water partition coefficient (Wildman–Crippen LogP) is 13.4. The Morgan fingerprint density at radius 1 is 0.385 bits per heavy atom. The van der Waals surface area contributed by atoms with E-state index in [2.05, 4.69) is 203 Å². The van der Waals surface area contributed by atoms with Gasteiger partial charge in [-0.15, -0.1) is 0 Å². The van der Waals surface area contributed by atoms with E-state index in [0.717, 1.165) is 77.9 Å². The van der Waals surface area contributed by atoms with Gasteiger partial charge in [0.1, 0.15) is 12.0 Å². The van der Waals surface area contributed by atoms with Crippen molar-refractivity contribution in [3.05, 3.63) is 241 Å². The minimum Gasteiger partial charge on any atom is -0.344 e. The average molecular weight is 834 g/mol. The van der Waals surface area contributed by atoms with Gasteiger partial charge in [0.15, 0.2) is 5.84 Å². The van der Waals surface area contributed by atoms with Crippen LogP contribution in [0.25, 0.3) is 82.7 Å². The molecule has 0 fully saturated rings. The molecule has 1 atom stereocenters. The van der Waals surface area contributed by atoms with E-state index in [1.54, 1.807) is 0 Å². The number of para-hydroxylation sites is 3. The molecule has 9 aromatic carbocycles. The third-order valence-corrected chi connectivity index (χ3v) is 12.8. The first kappa shape index (κ1) is 36.8. The van der Waals surface area contributed by atoms with Crippen molar-refractivity contribution in [1.82, 2.24) is 24.2 Å². The van der Waals surface area contributed by atoms with E-state index >= 15 is 0 Å². The highest BCUT2D eigenvalue weighted by Crippen LogP contribution is 2.41. The number of benzene rings is 9. The largest absolute Gasteiger partial charge is 0.344 e.